The van der Waals surface area contributed by atoms with Crippen LogP contribution in [-0.4, -0.2) is 31.9 Å². The number of ether oxygens (including phenoxy) is 1. The average Bonchev–Trinajstić information content (AvgIpc) is 2.58. The van der Waals surface area contributed by atoms with Gasteiger partial charge in [0.15, 0.2) is 0 Å². The highest BCUT2D eigenvalue weighted by Crippen LogP contribution is 2.24. The molecule has 1 aliphatic heterocycles. The average molecular weight is 353 g/mol. The predicted octanol–water partition coefficient (Wildman–Crippen LogP) is 3.20. The van der Waals surface area contributed by atoms with E-state index in [2.05, 4.69) is 0 Å². The van der Waals surface area contributed by atoms with E-state index >= 15 is 0 Å². The summed E-state index contributed by atoms with van der Waals surface area (Å²) >= 11 is 0. The van der Waals surface area contributed by atoms with Crippen molar-refractivity contribution in [3.8, 4) is 5.75 Å². The molecule has 24 heavy (non-hydrogen) atoms. The van der Waals surface area contributed by atoms with Crippen LogP contribution in [0.3, 0.4) is 0 Å². The lowest BCUT2D eigenvalue weighted by Gasteiger charge is -2.31. The standard InChI is InChI=1S/C17H17F2NO3S/c18-13-1-5-15(6-2-13)23-16-9-11-20(12-10-16)24(21,22)17-7-3-14(19)4-8-17/h1-8,16H,9-12H2. The maximum Gasteiger partial charge on any atom is 0.243 e. The van der Waals surface area contributed by atoms with Crippen LogP contribution in [0.25, 0.3) is 0 Å². The van der Waals surface area contributed by atoms with Gasteiger partial charge in [0.25, 0.3) is 0 Å². The van der Waals surface area contributed by atoms with Crippen LogP contribution in [-0.2, 0) is 10.0 Å². The van der Waals surface area contributed by atoms with Gasteiger partial charge in [-0.15, -0.1) is 0 Å². The Morgan fingerprint density at radius 3 is 1.92 bits per heavy atom. The van der Waals surface area contributed by atoms with Gasteiger partial charge in [-0.2, -0.15) is 4.31 Å². The SMILES string of the molecule is O=S(=O)(c1ccc(F)cc1)N1CCC(Oc2ccc(F)cc2)CC1. The first-order chi connectivity index (χ1) is 11.4. The fraction of sp³-hybridized carbons (Fsp3) is 0.294. The number of rotatable bonds is 4. The summed E-state index contributed by atoms with van der Waals surface area (Å²) in [4.78, 5) is 0.0850. The lowest BCUT2D eigenvalue weighted by Crippen LogP contribution is -2.41. The molecule has 0 spiro atoms. The van der Waals surface area contributed by atoms with Gasteiger partial charge in [0.2, 0.25) is 10.0 Å². The predicted molar refractivity (Wildman–Crippen MR) is 85.2 cm³/mol. The first kappa shape index (κ1) is 16.9. The maximum atomic E-state index is 13.0. The number of piperidine rings is 1. The zero-order valence-corrected chi connectivity index (χ0v) is 13.7. The second-order valence-corrected chi connectivity index (χ2v) is 7.57. The molecule has 0 N–H and O–H groups in total. The minimum atomic E-state index is -3.62. The smallest absolute Gasteiger partial charge is 0.243 e. The number of nitrogens with zero attached hydrogens (tertiary/aromatic N) is 1. The first-order valence-corrected chi connectivity index (χ1v) is 9.07. The molecule has 0 amide bonds. The van der Waals surface area contributed by atoms with Crippen LogP contribution in [0, 0.1) is 11.6 Å². The van der Waals surface area contributed by atoms with Gasteiger partial charge < -0.3 is 4.74 Å². The minimum absolute atomic E-state index is 0.0850. The third kappa shape index (κ3) is 3.73. The Morgan fingerprint density at radius 2 is 1.38 bits per heavy atom. The van der Waals surface area contributed by atoms with Crippen molar-refractivity contribution in [3.05, 3.63) is 60.2 Å². The number of sulfonamides is 1. The summed E-state index contributed by atoms with van der Waals surface area (Å²) < 4.78 is 58.0. The highest BCUT2D eigenvalue weighted by atomic mass is 32.2. The molecule has 0 aliphatic carbocycles. The molecule has 1 aliphatic rings. The van der Waals surface area contributed by atoms with Gasteiger partial charge in [-0.25, -0.2) is 17.2 Å². The minimum Gasteiger partial charge on any atom is -0.490 e. The normalized spacial score (nSPS) is 16.9. The number of halogens is 2. The quantitative estimate of drug-likeness (QED) is 0.848. The molecule has 0 aromatic heterocycles. The van der Waals surface area contributed by atoms with E-state index in [1.807, 2.05) is 0 Å². The summed E-state index contributed by atoms with van der Waals surface area (Å²) in [6, 6.07) is 10.6. The van der Waals surface area contributed by atoms with Gasteiger partial charge >= 0.3 is 0 Å². The van der Waals surface area contributed by atoms with Crippen molar-refractivity contribution in [1.82, 2.24) is 4.31 Å². The van der Waals surface area contributed by atoms with Crippen LogP contribution in [0.1, 0.15) is 12.8 Å². The molecule has 7 heteroatoms. The monoisotopic (exact) mass is 353 g/mol. The van der Waals surface area contributed by atoms with Gasteiger partial charge in [0.1, 0.15) is 23.5 Å². The van der Waals surface area contributed by atoms with E-state index in [-0.39, 0.29) is 16.8 Å². The molecule has 0 unspecified atom stereocenters. The zero-order chi connectivity index (χ0) is 17.2. The topological polar surface area (TPSA) is 46.6 Å². The number of benzene rings is 2. The van der Waals surface area contributed by atoms with E-state index in [1.165, 1.54) is 28.6 Å². The highest BCUT2D eigenvalue weighted by molar-refractivity contribution is 7.89. The summed E-state index contributed by atoms with van der Waals surface area (Å²) in [5.41, 5.74) is 0. The van der Waals surface area contributed by atoms with Crippen molar-refractivity contribution in [2.24, 2.45) is 0 Å². The second kappa shape index (κ2) is 6.86. The summed E-state index contributed by atoms with van der Waals surface area (Å²) in [5, 5.41) is 0. The van der Waals surface area contributed by atoms with E-state index in [0.29, 0.717) is 31.7 Å². The Morgan fingerprint density at radius 1 is 0.875 bits per heavy atom. The number of hydrogen-bond donors (Lipinski definition) is 0. The van der Waals surface area contributed by atoms with E-state index < -0.39 is 15.8 Å². The zero-order valence-electron chi connectivity index (χ0n) is 12.9. The summed E-state index contributed by atoms with van der Waals surface area (Å²) in [6.45, 7) is 0.650. The Kier molecular flexibility index (Phi) is 4.82. The molecule has 0 saturated carbocycles. The molecule has 1 saturated heterocycles. The van der Waals surface area contributed by atoms with E-state index in [4.69, 9.17) is 4.74 Å². The van der Waals surface area contributed by atoms with Crippen molar-refractivity contribution in [2.45, 2.75) is 23.8 Å². The van der Waals surface area contributed by atoms with Crippen LogP contribution in [0.5, 0.6) is 5.75 Å². The maximum absolute atomic E-state index is 13.0. The molecule has 3 rings (SSSR count). The van der Waals surface area contributed by atoms with Crippen molar-refractivity contribution in [3.63, 3.8) is 0 Å². The van der Waals surface area contributed by atoms with Gasteiger partial charge in [-0.3, -0.25) is 0 Å². The van der Waals surface area contributed by atoms with E-state index in [0.717, 1.165) is 12.1 Å². The Bertz CT molecular complexity index is 784. The molecule has 1 fully saturated rings. The molecule has 1 heterocycles. The van der Waals surface area contributed by atoms with Crippen LogP contribution in [0.15, 0.2) is 53.4 Å². The van der Waals surface area contributed by atoms with Crippen LogP contribution >= 0.6 is 0 Å². The second-order valence-electron chi connectivity index (χ2n) is 5.63. The highest BCUT2D eigenvalue weighted by Gasteiger charge is 2.30. The lowest BCUT2D eigenvalue weighted by molar-refractivity contribution is 0.135. The molecule has 2 aromatic carbocycles. The third-order valence-electron chi connectivity index (χ3n) is 3.97. The van der Waals surface area contributed by atoms with E-state index in [1.54, 1.807) is 12.1 Å². The molecular formula is C17H17F2NO3S. The van der Waals surface area contributed by atoms with Gasteiger partial charge in [0, 0.05) is 13.1 Å². The third-order valence-corrected chi connectivity index (χ3v) is 5.88. The summed E-state index contributed by atoms with van der Waals surface area (Å²) in [5.74, 6) is -0.237. The fourth-order valence-electron chi connectivity index (χ4n) is 2.65. The van der Waals surface area contributed by atoms with Crippen molar-refractivity contribution in [1.29, 1.82) is 0 Å². The number of hydrogen-bond acceptors (Lipinski definition) is 3. The van der Waals surface area contributed by atoms with Gasteiger partial charge in [0.05, 0.1) is 4.90 Å². The fourth-order valence-corrected chi connectivity index (χ4v) is 4.12. The molecule has 4 nitrogen and oxygen atoms in total. The van der Waals surface area contributed by atoms with Crippen LogP contribution in [0.2, 0.25) is 0 Å². The molecule has 128 valence electrons. The van der Waals surface area contributed by atoms with Crippen LogP contribution in [0.4, 0.5) is 8.78 Å². The van der Waals surface area contributed by atoms with E-state index in [9.17, 15) is 17.2 Å². The van der Waals surface area contributed by atoms with Crippen molar-refractivity contribution < 1.29 is 21.9 Å². The molecule has 0 radical (unpaired) electrons. The lowest BCUT2D eigenvalue weighted by atomic mass is 10.1. The summed E-state index contributed by atoms with van der Waals surface area (Å²) in [6.07, 6.45) is 0.963. The molecule has 0 bridgehead atoms. The van der Waals surface area contributed by atoms with Crippen molar-refractivity contribution in [2.75, 3.05) is 13.1 Å². The van der Waals surface area contributed by atoms with Crippen LogP contribution < -0.4 is 4.74 Å². The molecule has 0 atom stereocenters. The molecule has 2 aromatic rings. The molecular weight excluding hydrogens is 336 g/mol. The summed E-state index contributed by atoms with van der Waals surface area (Å²) in [7, 11) is -3.62. The first-order valence-electron chi connectivity index (χ1n) is 7.63. The van der Waals surface area contributed by atoms with Crippen molar-refractivity contribution >= 4 is 10.0 Å². The van der Waals surface area contributed by atoms with Gasteiger partial charge in [-0.1, -0.05) is 0 Å². The largest absolute Gasteiger partial charge is 0.490 e. The Hall–Kier alpha value is -1.99. The Balaban J connectivity index is 1.62. The Labute approximate surface area is 139 Å². The van der Waals surface area contributed by atoms with Gasteiger partial charge in [-0.05, 0) is 61.4 Å².